The molecule has 0 aliphatic carbocycles. The second kappa shape index (κ2) is 9.00. The van der Waals surface area contributed by atoms with Crippen LogP contribution in [0, 0.1) is 17.1 Å². The van der Waals surface area contributed by atoms with Crippen molar-refractivity contribution < 1.29 is 13.9 Å². The standard InChI is InChI=1S/C13H15F2N3O.2ClH/c14-7-12(18-3-1-17-2-4-18)10-5-9(8-16)6-11(15)13(10)19;;/h5-6,12,17,19H,1-4,7H2;2*1H/t12-;;/m0../s1. The summed E-state index contributed by atoms with van der Waals surface area (Å²) in [6.07, 6.45) is 0. The number of nitrogens with one attached hydrogen (secondary N) is 1. The molecular formula is C13H17Cl2F2N3O. The number of phenolic OH excluding ortho intramolecular Hbond substituents is 1. The molecule has 0 aromatic heterocycles. The Hall–Kier alpha value is -1.13. The topological polar surface area (TPSA) is 59.3 Å². The van der Waals surface area contributed by atoms with Crippen LogP contribution in [0.25, 0.3) is 0 Å². The minimum Gasteiger partial charge on any atom is -0.505 e. The summed E-state index contributed by atoms with van der Waals surface area (Å²) in [5.41, 5.74) is 0.222. The fourth-order valence-electron chi connectivity index (χ4n) is 2.31. The van der Waals surface area contributed by atoms with Crippen molar-refractivity contribution in [2.75, 3.05) is 32.9 Å². The Bertz CT molecular complexity index is 505. The third-order valence-corrected chi connectivity index (χ3v) is 3.32. The Balaban J connectivity index is 0.00000200. The highest BCUT2D eigenvalue weighted by Gasteiger charge is 2.26. The van der Waals surface area contributed by atoms with Crippen molar-refractivity contribution in [1.82, 2.24) is 10.2 Å². The predicted molar refractivity (Wildman–Crippen MR) is 80.4 cm³/mol. The van der Waals surface area contributed by atoms with Crippen LogP contribution in [0.1, 0.15) is 17.2 Å². The zero-order chi connectivity index (χ0) is 13.8. The fraction of sp³-hybridized carbons (Fsp3) is 0.462. The Morgan fingerprint density at radius 3 is 2.48 bits per heavy atom. The normalized spacial score (nSPS) is 16.2. The van der Waals surface area contributed by atoms with E-state index in [2.05, 4.69) is 5.32 Å². The molecule has 2 rings (SSSR count). The molecule has 0 radical (unpaired) electrons. The molecule has 8 heteroatoms. The number of rotatable bonds is 3. The van der Waals surface area contributed by atoms with E-state index in [1.54, 1.807) is 0 Å². The highest BCUT2D eigenvalue weighted by atomic mass is 35.5. The van der Waals surface area contributed by atoms with Crippen molar-refractivity contribution >= 4 is 24.8 Å². The number of hydrogen-bond acceptors (Lipinski definition) is 4. The Morgan fingerprint density at radius 1 is 1.33 bits per heavy atom. The summed E-state index contributed by atoms with van der Waals surface area (Å²) in [5, 5.41) is 21.7. The Morgan fingerprint density at radius 2 is 1.95 bits per heavy atom. The van der Waals surface area contributed by atoms with Crippen molar-refractivity contribution in [3.8, 4) is 11.8 Å². The summed E-state index contributed by atoms with van der Waals surface area (Å²) in [4.78, 5) is 1.84. The summed E-state index contributed by atoms with van der Waals surface area (Å²) in [5.74, 6) is -1.46. The number of alkyl halides is 1. The lowest BCUT2D eigenvalue weighted by atomic mass is 10.0. The Kier molecular flexibility index (Phi) is 8.52. The first kappa shape index (κ1) is 19.9. The van der Waals surface area contributed by atoms with Crippen LogP contribution in [0.15, 0.2) is 12.1 Å². The fourth-order valence-corrected chi connectivity index (χ4v) is 2.31. The molecule has 4 nitrogen and oxygen atoms in total. The molecule has 0 saturated carbocycles. The van der Waals surface area contributed by atoms with Crippen LogP contribution in [-0.4, -0.2) is 42.9 Å². The maximum Gasteiger partial charge on any atom is 0.166 e. The number of nitrogens with zero attached hydrogens (tertiary/aromatic N) is 2. The molecule has 1 aromatic rings. The van der Waals surface area contributed by atoms with E-state index < -0.39 is 24.3 Å². The number of hydrogen-bond donors (Lipinski definition) is 2. The lowest BCUT2D eigenvalue weighted by Gasteiger charge is -2.33. The minimum absolute atomic E-state index is 0. The molecule has 1 heterocycles. The number of nitriles is 1. The molecule has 0 unspecified atom stereocenters. The van der Waals surface area contributed by atoms with Crippen molar-refractivity contribution in [2.45, 2.75) is 6.04 Å². The van der Waals surface area contributed by atoms with Gasteiger partial charge in [-0.15, -0.1) is 24.8 Å². The van der Waals surface area contributed by atoms with E-state index >= 15 is 0 Å². The van der Waals surface area contributed by atoms with Crippen molar-refractivity contribution in [1.29, 1.82) is 5.26 Å². The summed E-state index contributed by atoms with van der Waals surface area (Å²) >= 11 is 0. The van der Waals surface area contributed by atoms with E-state index in [4.69, 9.17) is 5.26 Å². The average Bonchev–Trinajstić information content (AvgIpc) is 2.45. The second-order valence-electron chi connectivity index (χ2n) is 4.46. The first-order chi connectivity index (χ1) is 9.17. The molecule has 0 amide bonds. The van der Waals surface area contributed by atoms with Gasteiger partial charge < -0.3 is 10.4 Å². The summed E-state index contributed by atoms with van der Waals surface area (Å²) in [7, 11) is 0. The van der Waals surface area contributed by atoms with E-state index in [0.717, 1.165) is 19.2 Å². The number of piperazine rings is 1. The number of phenols is 1. The van der Waals surface area contributed by atoms with Gasteiger partial charge in [0.05, 0.1) is 17.7 Å². The van der Waals surface area contributed by atoms with Crippen LogP contribution in [0.3, 0.4) is 0 Å². The molecule has 1 fully saturated rings. The van der Waals surface area contributed by atoms with Crippen LogP contribution in [0.4, 0.5) is 8.78 Å². The molecule has 1 aromatic carbocycles. The van der Waals surface area contributed by atoms with Gasteiger partial charge >= 0.3 is 0 Å². The van der Waals surface area contributed by atoms with Crippen LogP contribution >= 0.6 is 24.8 Å². The molecule has 2 N–H and O–H groups in total. The second-order valence-corrected chi connectivity index (χ2v) is 4.46. The van der Waals surface area contributed by atoms with Gasteiger partial charge in [0.25, 0.3) is 0 Å². The largest absolute Gasteiger partial charge is 0.505 e. The first-order valence-corrected chi connectivity index (χ1v) is 6.10. The summed E-state index contributed by atoms with van der Waals surface area (Å²) in [6, 6.07) is 3.40. The lowest BCUT2D eigenvalue weighted by molar-refractivity contribution is 0.144. The van der Waals surface area contributed by atoms with E-state index in [-0.39, 0.29) is 35.9 Å². The smallest absolute Gasteiger partial charge is 0.166 e. The summed E-state index contributed by atoms with van der Waals surface area (Å²) < 4.78 is 26.8. The first-order valence-electron chi connectivity index (χ1n) is 6.10. The molecule has 1 aliphatic rings. The molecule has 0 spiro atoms. The van der Waals surface area contributed by atoms with Gasteiger partial charge in [-0.25, -0.2) is 8.78 Å². The van der Waals surface area contributed by atoms with Crippen LogP contribution in [-0.2, 0) is 0 Å². The number of benzene rings is 1. The van der Waals surface area contributed by atoms with Crippen LogP contribution < -0.4 is 5.32 Å². The van der Waals surface area contributed by atoms with Gasteiger partial charge in [0.1, 0.15) is 6.67 Å². The van der Waals surface area contributed by atoms with Crippen molar-refractivity contribution in [2.24, 2.45) is 0 Å². The highest BCUT2D eigenvalue weighted by molar-refractivity contribution is 5.85. The van der Waals surface area contributed by atoms with Crippen molar-refractivity contribution in [3.05, 3.63) is 29.1 Å². The monoisotopic (exact) mass is 339 g/mol. The number of aromatic hydroxyl groups is 1. The Labute approximate surface area is 134 Å². The molecule has 0 bridgehead atoms. The van der Waals surface area contributed by atoms with E-state index in [9.17, 15) is 13.9 Å². The van der Waals surface area contributed by atoms with Gasteiger partial charge in [-0.05, 0) is 12.1 Å². The molecule has 1 saturated heterocycles. The van der Waals surface area contributed by atoms with Gasteiger partial charge in [0.15, 0.2) is 11.6 Å². The van der Waals surface area contributed by atoms with E-state index in [1.807, 2.05) is 11.0 Å². The van der Waals surface area contributed by atoms with Crippen LogP contribution in [0.2, 0.25) is 0 Å². The maximum atomic E-state index is 13.5. The average molecular weight is 340 g/mol. The third-order valence-electron chi connectivity index (χ3n) is 3.32. The van der Waals surface area contributed by atoms with Crippen LogP contribution in [0.5, 0.6) is 5.75 Å². The highest BCUT2D eigenvalue weighted by Crippen LogP contribution is 2.32. The quantitative estimate of drug-likeness (QED) is 0.885. The van der Waals surface area contributed by atoms with Gasteiger partial charge in [-0.2, -0.15) is 5.26 Å². The zero-order valence-electron chi connectivity index (χ0n) is 11.2. The number of halogens is 4. The van der Waals surface area contributed by atoms with Crippen molar-refractivity contribution in [3.63, 3.8) is 0 Å². The minimum atomic E-state index is -0.886. The SMILES string of the molecule is Cl.Cl.N#Cc1cc(F)c(O)c([C@H](CF)N2CCNCC2)c1. The lowest BCUT2D eigenvalue weighted by Crippen LogP contribution is -2.45. The molecule has 118 valence electrons. The predicted octanol–water partition coefficient (Wildman–Crippen LogP) is 2.16. The third kappa shape index (κ3) is 4.42. The van der Waals surface area contributed by atoms with Gasteiger partial charge in [0, 0.05) is 31.7 Å². The zero-order valence-corrected chi connectivity index (χ0v) is 12.8. The van der Waals surface area contributed by atoms with E-state index in [1.165, 1.54) is 6.07 Å². The van der Waals surface area contributed by atoms with Gasteiger partial charge in [-0.1, -0.05) is 0 Å². The molecular weight excluding hydrogens is 323 g/mol. The van der Waals surface area contributed by atoms with E-state index in [0.29, 0.717) is 13.1 Å². The van der Waals surface area contributed by atoms with Gasteiger partial charge in [-0.3, -0.25) is 4.90 Å². The maximum absolute atomic E-state index is 13.5. The molecule has 1 aliphatic heterocycles. The van der Waals surface area contributed by atoms with Gasteiger partial charge in [0.2, 0.25) is 0 Å². The molecule has 1 atom stereocenters. The molecule has 21 heavy (non-hydrogen) atoms. The summed E-state index contributed by atoms with van der Waals surface area (Å²) in [6.45, 7) is 1.94.